The number of aliphatic hydroxyl groups is 1. The molecule has 0 aromatic carbocycles. The average Bonchev–Trinajstić information content (AvgIpc) is 2.23. The van der Waals surface area contributed by atoms with Gasteiger partial charge in [0.1, 0.15) is 6.54 Å². The van der Waals surface area contributed by atoms with Gasteiger partial charge in [-0.15, -0.1) is 0 Å². The van der Waals surface area contributed by atoms with Gasteiger partial charge in [0.05, 0.1) is 13.2 Å². The summed E-state index contributed by atoms with van der Waals surface area (Å²) in [6.07, 6.45) is -4.05. The number of aliphatic hydroxyl groups excluding tert-OH is 1. The molecule has 0 spiro atoms. The van der Waals surface area contributed by atoms with Crippen LogP contribution in [0.3, 0.4) is 0 Å². The predicted molar refractivity (Wildman–Crippen MR) is 54.4 cm³/mol. The highest BCUT2D eigenvalue weighted by molar-refractivity contribution is 5.78. The zero-order valence-corrected chi connectivity index (χ0v) is 9.51. The van der Waals surface area contributed by atoms with E-state index in [1.54, 1.807) is 5.32 Å². The van der Waals surface area contributed by atoms with Crippen LogP contribution < -0.4 is 10.6 Å². The molecular weight excluding hydrogens is 241 g/mol. The number of alkyl halides is 3. The summed E-state index contributed by atoms with van der Waals surface area (Å²) in [7, 11) is 1.45. The van der Waals surface area contributed by atoms with Gasteiger partial charge in [-0.2, -0.15) is 13.2 Å². The first-order chi connectivity index (χ1) is 7.89. The number of nitrogens with one attached hydrogen (secondary N) is 2. The molecule has 0 saturated carbocycles. The van der Waals surface area contributed by atoms with Gasteiger partial charge in [-0.25, -0.2) is 0 Å². The molecule has 0 aliphatic rings. The van der Waals surface area contributed by atoms with Crippen LogP contribution in [0.25, 0.3) is 0 Å². The quantitative estimate of drug-likeness (QED) is 0.556. The van der Waals surface area contributed by atoms with Crippen LogP contribution in [0.15, 0.2) is 0 Å². The van der Waals surface area contributed by atoms with Crippen LogP contribution in [0.4, 0.5) is 13.2 Å². The van der Waals surface area contributed by atoms with E-state index in [1.165, 1.54) is 7.11 Å². The van der Waals surface area contributed by atoms with E-state index >= 15 is 0 Å². The number of carbonyl (C=O) groups excluding carboxylic acids is 1. The van der Waals surface area contributed by atoms with Crippen molar-refractivity contribution < 1.29 is 27.8 Å². The zero-order chi connectivity index (χ0) is 13.3. The third kappa shape index (κ3) is 10.0. The fraction of sp³-hybridized carbons (Fsp3) is 0.889. The Balaban J connectivity index is 3.79. The molecule has 5 nitrogen and oxygen atoms in total. The number of carbonyl (C=O) groups is 1. The maximum absolute atomic E-state index is 11.8. The Morgan fingerprint density at radius 2 is 2.12 bits per heavy atom. The molecule has 0 fully saturated rings. The van der Waals surface area contributed by atoms with Gasteiger partial charge in [-0.1, -0.05) is 0 Å². The maximum Gasteiger partial charge on any atom is 0.405 e. The number of ether oxygens (including phenoxy) is 1. The molecule has 0 aliphatic heterocycles. The number of hydrogen-bond acceptors (Lipinski definition) is 4. The molecule has 0 saturated heterocycles. The molecular formula is C9H17F3N2O3. The number of rotatable bonds is 8. The van der Waals surface area contributed by atoms with Crippen molar-refractivity contribution in [3.8, 4) is 0 Å². The van der Waals surface area contributed by atoms with Crippen LogP contribution in [0.1, 0.15) is 6.42 Å². The van der Waals surface area contributed by atoms with Crippen molar-refractivity contribution in [1.29, 1.82) is 0 Å². The second-order valence-electron chi connectivity index (χ2n) is 3.44. The Morgan fingerprint density at radius 3 is 2.59 bits per heavy atom. The van der Waals surface area contributed by atoms with Gasteiger partial charge in [0.15, 0.2) is 0 Å². The molecule has 0 heterocycles. The van der Waals surface area contributed by atoms with E-state index in [4.69, 9.17) is 9.84 Å². The fourth-order valence-corrected chi connectivity index (χ4v) is 1.10. The van der Waals surface area contributed by atoms with Gasteiger partial charge in [-0.3, -0.25) is 4.79 Å². The highest BCUT2D eigenvalue weighted by Crippen LogP contribution is 2.11. The fourth-order valence-electron chi connectivity index (χ4n) is 1.10. The largest absolute Gasteiger partial charge is 0.405 e. The molecule has 17 heavy (non-hydrogen) atoms. The number of halogens is 3. The molecule has 0 bridgehead atoms. The maximum atomic E-state index is 11.8. The third-order valence-electron chi connectivity index (χ3n) is 1.88. The molecule has 1 unspecified atom stereocenters. The van der Waals surface area contributed by atoms with Crippen LogP contribution in [0, 0.1) is 0 Å². The first-order valence-electron chi connectivity index (χ1n) is 5.05. The lowest BCUT2D eigenvalue weighted by Gasteiger charge is -2.16. The van der Waals surface area contributed by atoms with E-state index in [9.17, 15) is 18.0 Å². The van der Waals surface area contributed by atoms with Crippen LogP contribution in [0.2, 0.25) is 0 Å². The van der Waals surface area contributed by atoms with Gasteiger partial charge in [0, 0.05) is 19.8 Å². The lowest BCUT2D eigenvalue weighted by Crippen LogP contribution is -2.43. The molecule has 8 heteroatoms. The van der Waals surface area contributed by atoms with E-state index in [2.05, 4.69) is 5.32 Å². The summed E-state index contributed by atoms with van der Waals surface area (Å²) in [6.45, 7) is -1.41. The summed E-state index contributed by atoms with van der Waals surface area (Å²) < 4.78 is 40.1. The van der Waals surface area contributed by atoms with Gasteiger partial charge in [0.2, 0.25) is 5.91 Å². The Labute approximate surface area is 97.3 Å². The first kappa shape index (κ1) is 16.1. The van der Waals surface area contributed by atoms with E-state index < -0.39 is 18.6 Å². The molecule has 0 aromatic heterocycles. The second kappa shape index (κ2) is 8.26. The standard InChI is InChI=1S/C9H17F3N2O3/c1-17-5-7(2-3-15)13-4-8(16)14-6-9(10,11)12/h7,13,15H,2-6H2,1H3,(H,14,16). The van der Waals surface area contributed by atoms with Crippen molar-refractivity contribution in [3.63, 3.8) is 0 Å². The molecule has 0 aliphatic carbocycles. The molecule has 0 radical (unpaired) electrons. The Morgan fingerprint density at radius 1 is 1.47 bits per heavy atom. The smallest absolute Gasteiger partial charge is 0.396 e. The van der Waals surface area contributed by atoms with E-state index in [0.29, 0.717) is 6.42 Å². The Kier molecular flexibility index (Phi) is 7.85. The second-order valence-corrected chi connectivity index (χ2v) is 3.44. The highest BCUT2D eigenvalue weighted by Gasteiger charge is 2.27. The Hall–Kier alpha value is -0.860. The minimum absolute atomic E-state index is 0.0921. The topological polar surface area (TPSA) is 70.6 Å². The third-order valence-corrected chi connectivity index (χ3v) is 1.88. The van der Waals surface area contributed by atoms with E-state index in [-0.39, 0.29) is 25.8 Å². The minimum atomic E-state index is -4.41. The molecule has 102 valence electrons. The summed E-state index contributed by atoms with van der Waals surface area (Å²) in [5.74, 6) is -0.749. The number of hydrogen-bond donors (Lipinski definition) is 3. The number of methoxy groups -OCH3 is 1. The normalized spacial score (nSPS) is 13.5. The summed E-state index contributed by atoms with van der Waals surface area (Å²) in [6, 6.07) is -0.262. The van der Waals surface area contributed by atoms with Crippen molar-refractivity contribution in [3.05, 3.63) is 0 Å². The van der Waals surface area contributed by atoms with Crippen molar-refractivity contribution in [2.45, 2.75) is 18.6 Å². The van der Waals surface area contributed by atoms with Crippen LogP contribution in [0.5, 0.6) is 0 Å². The Bertz CT molecular complexity index is 218. The SMILES string of the molecule is COCC(CCO)NCC(=O)NCC(F)(F)F. The predicted octanol–water partition coefficient (Wildman–Crippen LogP) is -0.348. The molecule has 1 amide bonds. The first-order valence-corrected chi connectivity index (χ1v) is 5.05. The van der Waals surface area contributed by atoms with Gasteiger partial charge in [-0.05, 0) is 6.42 Å². The summed E-state index contributed by atoms with van der Waals surface area (Å²) in [4.78, 5) is 11.0. The van der Waals surface area contributed by atoms with Crippen molar-refractivity contribution >= 4 is 5.91 Å². The molecule has 0 aromatic rings. The lowest BCUT2D eigenvalue weighted by atomic mass is 10.2. The van der Waals surface area contributed by atoms with Gasteiger partial charge in [0.25, 0.3) is 0 Å². The highest BCUT2D eigenvalue weighted by atomic mass is 19.4. The van der Waals surface area contributed by atoms with Crippen LogP contribution in [-0.2, 0) is 9.53 Å². The monoisotopic (exact) mass is 258 g/mol. The van der Waals surface area contributed by atoms with Crippen LogP contribution in [-0.4, -0.2) is 56.6 Å². The summed E-state index contributed by atoms with van der Waals surface area (Å²) >= 11 is 0. The number of amides is 1. The van der Waals surface area contributed by atoms with Crippen molar-refractivity contribution in [2.24, 2.45) is 0 Å². The lowest BCUT2D eigenvalue weighted by molar-refractivity contribution is -0.138. The molecule has 1 atom stereocenters. The summed E-state index contributed by atoms with van der Waals surface area (Å²) in [5.41, 5.74) is 0. The zero-order valence-electron chi connectivity index (χ0n) is 9.51. The summed E-state index contributed by atoms with van der Waals surface area (Å²) in [5, 5.41) is 13.1. The molecule has 0 rings (SSSR count). The van der Waals surface area contributed by atoms with E-state index in [1.807, 2.05) is 0 Å². The average molecular weight is 258 g/mol. The minimum Gasteiger partial charge on any atom is -0.396 e. The van der Waals surface area contributed by atoms with E-state index in [0.717, 1.165) is 0 Å². The van der Waals surface area contributed by atoms with Gasteiger partial charge >= 0.3 is 6.18 Å². The molecule has 3 N–H and O–H groups in total. The van der Waals surface area contributed by atoms with Crippen molar-refractivity contribution in [2.75, 3.05) is 33.4 Å². The van der Waals surface area contributed by atoms with Crippen LogP contribution >= 0.6 is 0 Å². The van der Waals surface area contributed by atoms with Crippen molar-refractivity contribution in [1.82, 2.24) is 10.6 Å². The van der Waals surface area contributed by atoms with Gasteiger partial charge < -0.3 is 20.5 Å².